The summed E-state index contributed by atoms with van der Waals surface area (Å²) in [6, 6.07) is 13.9. The first-order valence-corrected chi connectivity index (χ1v) is 8.01. The van der Waals surface area contributed by atoms with Crippen molar-refractivity contribution in [2.45, 2.75) is 13.5 Å². The number of aromatic nitrogens is 3. The van der Waals surface area contributed by atoms with Crippen molar-refractivity contribution < 1.29 is 9.59 Å². The second-order valence-corrected chi connectivity index (χ2v) is 5.53. The normalized spacial score (nSPS) is 10.2. The number of ketones is 1. The van der Waals surface area contributed by atoms with Gasteiger partial charge in [0.2, 0.25) is 5.95 Å². The molecule has 0 fully saturated rings. The lowest BCUT2D eigenvalue weighted by Gasteiger charge is -2.08. The molecule has 0 aliphatic carbocycles. The topological polar surface area (TPSA) is 96.9 Å². The fraction of sp³-hybridized carbons (Fsp3) is 0.105. The minimum Gasteiger partial charge on any atom is -0.349 e. The molecule has 2 N–H and O–H groups in total. The Labute approximate surface area is 150 Å². The van der Waals surface area contributed by atoms with Gasteiger partial charge in [0.05, 0.1) is 12.2 Å². The molecule has 0 saturated carbocycles. The van der Waals surface area contributed by atoms with E-state index in [0.717, 1.165) is 5.69 Å². The first-order valence-electron chi connectivity index (χ1n) is 8.01. The van der Waals surface area contributed by atoms with Crippen LogP contribution in [0.4, 0.5) is 11.6 Å². The van der Waals surface area contributed by atoms with Crippen LogP contribution in [0, 0.1) is 0 Å². The van der Waals surface area contributed by atoms with Gasteiger partial charge in [-0.25, -0.2) is 9.97 Å². The van der Waals surface area contributed by atoms with Crippen LogP contribution in [-0.4, -0.2) is 26.6 Å². The highest BCUT2D eigenvalue weighted by Crippen LogP contribution is 2.13. The number of rotatable bonds is 6. The molecule has 26 heavy (non-hydrogen) atoms. The predicted molar refractivity (Wildman–Crippen MR) is 98.0 cm³/mol. The molecule has 7 heteroatoms. The Bertz CT molecular complexity index is 928. The molecule has 0 unspecified atom stereocenters. The van der Waals surface area contributed by atoms with Gasteiger partial charge in [-0.2, -0.15) is 0 Å². The van der Waals surface area contributed by atoms with Crippen molar-refractivity contribution >= 4 is 23.3 Å². The third kappa shape index (κ3) is 4.47. The van der Waals surface area contributed by atoms with E-state index < -0.39 is 0 Å². The monoisotopic (exact) mass is 347 g/mol. The molecule has 2 aromatic heterocycles. The van der Waals surface area contributed by atoms with Crippen LogP contribution in [0.25, 0.3) is 0 Å². The van der Waals surface area contributed by atoms with Crippen LogP contribution in [0.15, 0.2) is 60.9 Å². The van der Waals surface area contributed by atoms with Gasteiger partial charge in [-0.1, -0.05) is 18.2 Å². The van der Waals surface area contributed by atoms with E-state index in [0.29, 0.717) is 23.7 Å². The van der Waals surface area contributed by atoms with Gasteiger partial charge in [0, 0.05) is 23.6 Å². The van der Waals surface area contributed by atoms with Crippen LogP contribution < -0.4 is 10.6 Å². The highest BCUT2D eigenvalue weighted by molar-refractivity contribution is 6.04. The summed E-state index contributed by atoms with van der Waals surface area (Å²) >= 11 is 0. The average molecular weight is 347 g/mol. The molecule has 3 aromatic rings. The number of hydrogen-bond donors (Lipinski definition) is 2. The van der Waals surface area contributed by atoms with Gasteiger partial charge in [0.1, 0.15) is 5.69 Å². The molecule has 130 valence electrons. The van der Waals surface area contributed by atoms with E-state index >= 15 is 0 Å². The van der Waals surface area contributed by atoms with Crippen molar-refractivity contribution in [2.24, 2.45) is 0 Å². The molecule has 0 atom stereocenters. The maximum Gasteiger partial charge on any atom is 0.274 e. The van der Waals surface area contributed by atoms with Crippen molar-refractivity contribution in [1.29, 1.82) is 0 Å². The Hall–Kier alpha value is -3.61. The number of nitrogens with one attached hydrogen (secondary N) is 2. The molecular weight excluding hydrogens is 330 g/mol. The van der Waals surface area contributed by atoms with Crippen molar-refractivity contribution in [3.63, 3.8) is 0 Å². The molecular formula is C19H17N5O2. The third-order valence-electron chi connectivity index (χ3n) is 3.57. The summed E-state index contributed by atoms with van der Waals surface area (Å²) in [4.78, 5) is 36.4. The van der Waals surface area contributed by atoms with Gasteiger partial charge in [0.15, 0.2) is 5.78 Å². The van der Waals surface area contributed by atoms with E-state index in [1.165, 1.54) is 19.2 Å². The number of Topliss-reactive ketones (excluding diaryl/α,β-unsaturated/α-hetero) is 1. The lowest BCUT2D eigenvalue weighted by atomic mass is 10.1. The highest BCUT2D eigenvalue weighted by atomic mass is 16.2. The molecule has 0 bridgehead atoms. The van der Waals surface area contributed by atoms with Crippen molar-refractivity contribution in [2.75, 3.05) is 10.6 Å². The average Bonchev–Trinajstić information content (AvgIpc) is 2.67. The van der Waals surface area contributed by atoms with E-state index in [2.05, 4.69) is 25.6 Å². The molecule has 0 saturated heterocycles. The second-order valence-electron chi connectivity index (χ2n) is 5.53. The SMILES string of the molecule is CC(=O)c1cccc(NC(=O)c2ccnc(NCc3ccccn3)n2)c1. The summed E-state index contributed by atoms with van der Waals surface area (Å²) in [5, 5.41) is 5.77. The molecule has 1 aromatic carbocycles. The largest absolute Gasteiger partial charge is 0.349 e. The van der Waals surface area contributed by atoms with Crippen LogP contribution >= 0.6 is 0 Å². The Morgan fingerprint density at radius 3 is 2.65 bits per heavy atom. The molecule has 2 heterocycles. The van der Waals surface area contributed by atoms with Crippen LogP contribution in [0.3, 0.4) is 0 Å². The molecule has 0 aliphatic rings. The first kappa shape index (κ1) is 17.2. The Morgan fingerprint density at radius 1 is 1.00 bits per heavy atom. The van der Waals surface area contributed by atoms with Gasteiger partial charge >= 0.3 is 0 Å². The van der Waals surface area contributed by atoms with Crippen molar-refractivity contribution in [1.82, 2.24) is 15.0 Å². The van der Waals surface area contributed by atoms with Crippen LogP contribution in [0.1, 0.15) is 33.5 Å². The minimum atomic E-state index is -0.381. The summed E-state index contributed by atoms with van der Waals surface area (Å²) in [6.07, 6.45) is 3.21. The van der Waals surface area contributed by atoms with E-state index in [9.17, 15) is 9.59 Å². The zero-order chi connectivity index (χ0) is 18.4. The number of nitrogens with zero attached hydrogens (tertiary/aromatic N) is 3. The lowest BCUT2D eigenvalue weighted by Crippen LogP contribution is -2.15. The molecule has 3 rings (SSSR count). The molecule has 1 amide bonds. The second kappa shape index (κ2) is 7.98. The van der Waals surface area contributed by atoms with Gasteiger partial charge in [-0.15, -0.1) is 0 Å². The Morgan fingerprint density at radius 2 is 1.88 bits per heavy atom. The predicted octanol–water partition coefficient (Wildman–Crippen LogP) is 2.94. The lowest BCUT2D eigenvalue weighted by molar-refractivity contribution is 0.100. The van der Waals surface area contributed by atoms with Crippen molar-refractivity contribution in [3.8, 4) is 0 Å². The Kier molecular flexibility index (Phi) is 5.28. The molecule has 0 spiro atoms. The zero-order valence-corrected chi connectivity index (χ0v) is 14.1. The summed E-state index contributed by atoms with van der Waals surface area (Å²) in [5.74, 6) is -0.112. The van der Waals surface area contributed by atoms with Gasteiger partial charge in [-0.05, 0) is 37.3 Å². The zero-order valence-electron chi connectivity index (χ0n) is 14.1. The number of benzene rings is 1. The van der Waals surface area contributed by atoms with E-state index in [4.69, 9.17) is 0 Å². The van der Waals surface area contributed by atoms with Crippen LogP contribution in [-0.2, 0) is 6.54 Å². The van der Waals surface area contributed by atoms with Gasteiger partial charge < -0.3 is 10.6 Å². The maximum absolute atomic E-state index is 12.4. The van der Waals surface area contributed by atoms with Crippen molar-refractivity contribution in [3.05, 3.63) is 77.9 Å². The molecule has 0 radical (unpaired) electrons. The number of carbonyl (C=O) groups is 2. The van der Waals surface area contributed by atoms with Crippen LogP contribution in [0.5, 0.6) is 0 Å². The summed E-state index contributed by atoms with van der Waals surface area (Å²) in [6.45, 7) is 1.93. The quantitative estimate of drug-likeness (QED) is 0.666. The Balaban J connectivity index is 1.68. The number of anilines is 2. The minimum absolute atomic E-state index is 0.0656. The standard InChI is InChI=1S/C19H17N5O2/c1-13(25)14-5-4-7-15(11-14)23-18(26)17-8-10-21-19(24-17)22-12-16-6-2-3-9-20-16/h2-11H,12H2,1H3,(H,23,26)(H,21,22,24). The first-order chi connectivity index (χ1) is 12.6. The summed E-state index contributed by atoms with van der Waals surface area (Å²) in [7, 11) is 0. The summed E-state index contributed by atoms with van der Waals surface area (Å²) in [5.41, 5.74) is 2.12. The van der Waals surface area contributed by atoms with Gasteiger partial charge in [0.25, 0.3) is 5.91 Å². The number of pyridine rings is 1. The summed E-state index contributed by atoms with van der Waals surface area (Å²) < 4.78 is 0. The van der Waals surface area contributed by atoms with E-state index in [1.807, 2.05) is 18.2 Å². The smallest absolute Gasteiger partial charge is 0.274 e. The van der Waals surface area contributed by atoms with Gasteiger partial charge in [-0.3, -0.25) is 14.6 Å². The molecule has 7 nitrogen and oxygen atoms in total. The van der Waals surface area contributed by atoms with E-state index in [1.54, 1.807) is 30.5 Å². The van der Waals surface area contributed by atoms with Crippen LogP contribution in [0.2, 0.25) is 0 Å². The number of carbonyl (C=O) groups excluding carboxylic acids is 2. The number of amides is 1. The fourth-order valence-electron chi connectivity index (χ4n) is 2.25. The molecule has 0 aliphatic heterocycles. The highest BCUT2D eigenvalue weighted by Gasteiger charge is 2.10. The number of hydrogen-bond acceptors (Lipinski definition) is 6. The third-order valence-corrected chi connectivity index (χ3v) is 3.57. The fourth-order valence-corrected chi connectivity index (χ4v) is 2.25. The van der Waals surface area contributed by atoms with E-state index in [-0.39, 0.29) is 17.4 Å². The maximum atomic E-state index is 12.4.